The zero-order valence-electron chi connectivity index (χ0n) is 18.8. The first kappa shape index (κ1) is 21.4. The minimum Gasteiger partial charge on any atom is -0.356 e. The first-order valence-electron chi connectivity index (χ1n) is 11.6. The highest BCUT2D eigenvalue weighted by Crippen LogP contribution is 2.52. The minimum atomic E-state index is -0.114. The molecule has 1 aromatic carbocycles. The number of hydrogen-bond acceptors (Lipinski definition) is 4. The highest BCUT2D eigenvalue weighted by Gasteiger charge is 2.58. The average Bonchev–Trinajstić information content (AvgIpc) is 3.54. The van der Waals surface area contributed by atoms with Crippen LogP contribution in [0, 0.1) is 23.7 Å². The number of rotatable bonds is 7. The molecule has 7 nitrogen and oxygen atoms in total. The number of nitrogens with one attached hydrogen (secondary N) is 2. The van der Waals surface area contributed by atoms with Crippen LogP contribution in [0.3, 0.4) is 0 Å². The van der Waals surface area contributed by atoms with E-state index < -0.39 is 0 Å². The van der Waals surface area contributed by atoms with Gasteiger partial charge in [-0.25, -0.2) is 0 Å². The van der Waals surface area contributed by atoms with Crippen LogP contribution in [-0.2, 0) is 16.1 Å². The van der Waals surface area contributed by atoms with E-state index in [1.165, 1.54) is 4.90 Å². The summed E-state index contributed by atoms with van der Waals surface area (Å²) in [4.78, 5) is 35.7. The molecule has 170 valence electrons. The van der Waals surface area contributed by atoms with Crippen molar-refractivity contribution in [2.45, 2.75) is 19.4 Å². The molecule has 1 saturated carbocycles. The largest absolute Gasteiger partial charge is 0.356 e. The van der Waals surface area contributed by atoms with Crippen LogP contribution < -0.4 is 10.6 Å². The lowest BCUT2D eigenvalue weighted by Gasteiger charge is -2.18. The number of guanidine groups is 1. The van der Waals surface area contributed by atoms with Crippen molar-refractivity contribution < 1.29 is 9.59 Å². The number of fused-ring (bicyclic) bond motifs is 5. The predicted molar refractivity (Wildman–Crippen MR) is 127 cm³/mol. The average molecular weight is 444 g/mol. The van der Waals surface area contributed by atoms with E-state index in [2.05, 4.69) is 51.0 Å². The Kier molecular flexibility index (Phi) is 5.94. The summed E-state index contributed by atoms with van der Waals surface area (Å²) in [7, 11) is 1.73. The molecule has 33 heavy (non-hydrogen) atoms. The molecule has 1 aromatic heterocycles. The number of amides is 2. The Morgan fingerprint density at radius 3 is 2.55 bits per heavy atom. The smallest absolute Gasteiger partial charge is 0.233 e. The number of hydrogen-bond donors (Lipinski definition) is 2. The molecule has 1 saturated heterocycles. The summed E-state index contributed by atoms with van der Waals surface area (Å²) >= 11 is 0. The number of carbonyl (C=O) groups is 2. The van der Waals surface area contributed by atoms with Gasteiger partial charge in [0, 0.05) is 38.4 Å². The van der Waals surface area contributed by atoms with E-state index in [4.69, 9.17) is 0 Å². The number of allylic oxidation sites excluding steroid dienone is 2. The molecule has 5 rings (SSSR count). The lowest BCUT2D eigenvalue weighted by atomic mass is 9.85. The number of aromatic nitrogens is 1. The molecule has 2 bridgehead atoms. The zero-order chi connectivity index (χ0) is 22.8. The van der Waals surface area contributed by atoms with Gasteiger partial charge in [-0.1, -0.05) is 36.4 Å². The van der Waals surface area contributed by atoms with Gasteiger partial charge in [0.05, 0.1) is 17.5 Å². The molecule has 2 aliphatic carbocycles. The Labute approximate surface area is 194 Å². The summed E-state index contributed by atoms with van der Waals surface area (Å²) in [6.45, 7) is 1.72. The van der Waals surface area contributed by atoms with Gasteiger partial charge >= 0.3 is 0 Å². The third kappa shape index (κ3) is 4.15. The van der Waals surface area contributed by atoms with Crippen molar-refractivity contribution in [1.29, 1.82) is 0 Å². The van der Waals surface area contributed by atoms with E-state index in [-0.39, 0.29) is 35.5 Å². The SMILES string of the molecule is CN=C(NCCCN1C(=O)C2C3C=CC(C3)C2C1=O)NCc1cccc(-c2ccccn2)c1. The molecule has 2 heterocycles. The number of likely N-dealkylation sites (tertiary alicyclic amines) is 1. The van der Waals surface area contributed by atoms with Crippen molar-refractivity contribution in [2.24, 2.45) is 28.7 Å². The van der Waals surface area contributed by atoms with E-state index in [9.17, 15) is 9.59 Å². The Hall–Kier alpha value is -3.48. The molecular formula is C26H29N5O2. The standard InChI is InChI=1S/C26H29N5O2/c1-27-26(30-16-17-6-4-7-18(14-17)21-8-2-3-11-28-21)29-12-5-13-31-24(32)22-19-9-10-20(15-19)23(22)25(31)33/h2-4,6-11,14,19-20,22-23H,5,12-13,15-16H2,1H3,(H2,27,29,30). The molecule has 4 atom stereocenters. The zero-order valence-corrected chi connectivity index (χ0v) is 18.8. The summed E-state index contributed by atoms with van der Waals surface area (Å²) in [6, 6.07) is 14.1. The Bertz CT molecular complexity index is 1070. The Morgan fingerprint density at radius 1 is 1.06 bits per heavy atom. The van der Waals surface area contributed by atoms with Gasteiger partial charge in [-0.2, -0.15) is 0 Å². The van der Waals surface area contributed by atoms with Gasteiger partial charge in [0.2, 0.25) is 11.8 Å². The summed E-state index contributed by atoms with van der Waals surface area (Å²) in [6.07, 6.45) is 7.71. The second-order valence-electron chi connectivity index (χ2n) is 8.95. The van der Waals surface area contributed by atoms with Crippen LogP contribution in [0.5, 0.6) is 0 Å². The third-order valence-corrected chi connectivity index (χ3v) is 6.98. The molecule has 0 spiro atoms. The van der Waals surface area contributed by atoms with Crippen LogP contribution >= 0.6 is 0 Å². The summed E-state index contributed by atoms with van der Waals surface area (Å²) in [5.74, 6) is 1.04. The maximum atomic E-state index is 12.8. The highest BCUT2D eigenvalue weighted by molar-refractivity contribution is 6.06. The normalized spacial score (nSPS) is 25.6. The van der Waals surface area contributed by atoms with Crippen molar-refractivity contribution in [1.82, 2.24) is 20.5 Å². The molecule has 2 fully saturated rings. The van der Waals surface area contributed by atoms with Crippen molar-refractivity contribution in [3.8, 4) is 11.3 Å². The fraction of sp³-hybridized carbons (Fsp3) is 0.385. The van der Waals surface area contributed by atoms with Gasteiger partial charge in [0.25, 0.3) is 0 Å². The summed E-state index contributed by atoms with van der Waals surface area (Å²) in [5, 5.41) is 6.61. The van der Waals surface area contributed by atoms with Crippen molar-refractivity contribution in [2.75, 3.05) is 20.1 Å². The quantitative estimate of drug-likeness (QED) is 0.226. The second kappa shape index (κ2) is 9.17. The highest BCUT2D eigenvalue weighted by atomic mass is 16.2. The van der Waals surface area contributed by atoms with E-state index in [0.717, 1.165) is 23.2 Å². The number of pyridine rings is 1. The number of carbonyl (C=O) groups excluding carboxylic acids is 2. The van der Waals surface area contributed by atoms with E-state index in [1.807, 2.05) is 24.3 Å². The van der Waals surface area contributed by atoms with Crippen LogP contribution in [0.2, 0.25) is 0 Å². The first-order chi connectivity index (χ1) is 16.2. The van der Waals surface area contributed by atoms with Gasteiger partial charge in [0.15, 0.2) is 5.96 Å². The predicted octanol–water partition coefficient (Wildman–Crippen LogP) is 2.61. The van der Waals surface area contributed by atoms with E-state index in [1.54, 1.807) is 13.2 Å². The monoisotopic (exact) mass is 443 g/mol. The van der Waals surface area contributed by atoms with Crippen molar-refractivity contribution in [3.63, 3.8) is 0 Å². The molecule has 1 aliphatic heterocycles. The second-order valence-corrected chi connectivity index (χ2v) is 8.95. The van der Waals surface area contributed by atoms with Gasteiger partial charge in [-0.3, -0.25) is 24.5 Å². The molecular weight excluding hydrogens is 414 g/mol. The van der Waals surface area contributed by atoms with Crippen LogP contribution in [-0.4, -0.2) is 47.8 Å². The van der Waals surface area contributed by atoms with Crippen molar-refractivity contribution in [3.05, 3.63) is 66.4 Å². The maximum absolute atomic E-state index is 12.8. The number of nitrogens with zero attached hydrogens (tertiary/aromatic N) is 3. The Morgan fingerprint density at radius 2 is 1.85 bits per heavy atom. The van der Waals surface area contributed by atoms with Gasteiger partial charge in [0.1, 0.15) is 0 Å². The first-order valence-corrected chi connectivity index (χ1v) is 11.6. The van der Waals surface area contributed by atoms with Crippen LogP contribution in [0.25, 0.3) is 11.3 Å². The van der Waals surface area contributed by atoms with Gasteiger partial charge in [-0.15, -0.1) is 0 Å². The number of benzene rings is 1. The molecule has 7 heteroatoms. The van der Waals surface area contributed by atoms with E-state index >= 15 is 0 Å². The van der Waals surface area contributed by atoms with Gasteiger partial charge < -0.3 is 10.6 Å². The summed E-state index contributed by atoms with van der Waals surface area (Å²) < 4.78 is 0. The van der Waals surface area contributed by atoms with E-state index in [0.29, 0.717) is 32.0 Å². The molecule has 2 aromatic rings. The molecule has 4 unspecified atom stereocenters. The molecule has 3 aliphatic rings. The molecule has 2 amide bonds. The van der Waals surface area contributed by atoms with Crippen molar-refractivity contribution >= 4 is 17.8 Å². The van der Waals surface area contributed by atoms with Crippen LogP contribution in [0.4, 0.5) is 0 Å². The molecule has 0 radical (unpaired) electrons. The lowest BCUT2D eigenvalue weighted by molar-refractivity contribution is -0.140. The maximum Gasteiger partial charge on any atom is 0.233 e. The third-order valence-electron chi connectivity index (χ3n) is 6.98. The minimum absolute atomic E-state index is 0.0251. The van der Waals surface area contributed by atoms with Crippen LogP contribution in [0.1, 0.15) is 18.4 Å². The number of aliphatic imine (C=N–C) groups is 1. The lowest BCUT2D eigenvalue weighted by Crippen LogP contribution is -2.39. The summed E-state index contributed by atoms with van der Waals surface area (Å²) in [5.41, 5.74) is 3.15. The van der Waals surface area contributed by atoms with Gasteiger partial charge in [-0.05, 0) is 48.4 Å². The number of imide groups is 1. The molecule has 2 N–H and O–H groups in total. The fourth-order valence-electron chi connectivity index (χ4n) is 5.41. The Balaban J connectivity index is 1.09. The fourth-order valence-corrected chi connectivity index (χ4v) is 5.41. The van der Waals surface area contributed by atoms with Crippen LogP contribution in [0.15, 0.2) is 65.8 Å². The topological polar surface area (TPSA) is 86.7 Å².